The number of aryl methyl sites for hydroxylation is 1. The Labute approximate surface area is 130 Å². The molecule has 0 saturated heterocycles. The van der Waals surface area contributed by atoms with Crippen molar-refractivity contribution in [1.29, 1.82) is 0 Å². The lowest BCUT2D eigenvalue weighted by atomic mass is 10.1. The van der Waals surface area contributed by atoms with E-state index in [0.29, 0.717) is 12.1 Å². The number of amides is 1. The molecule has 2 rings (SSSR count). The normalized spacial score (nSPS) is 10.1. The number of ether oxygens (including phenoxy) is 1. The largest absolute Gasteiger partial charge is 0.468 e. The Hall–Kier alpha value is -2.62. The minimum atomic E-state index is -0.433. The fraction of sp³-hybridized carbons (Fsp3) is 0.222. The van der Waals surface area contributed by atoms with E-state index in [1.165, 1.54) is 12.0 Å². The van der Waals surface area contributed by atoms with Crippen molar-refractivity contribution >= 4 is 11.9 Å². The smallest absolute Gasteiger partial charge is 0.325 e. The topological polar surface area (TPSA) is 46.6 Å². The van der Waals surface area contributed by atoms with Crippen LogP contribution in [-0.2, 0) is 16.1 Å². The van der Waals surface area contributed by atoms with Crippen LogP contribution in [0.15, 0.2) is 54.6 Å². The van der Waals surface area contributed by atoms with Crippen LogP contribution in [0.3, 0.4) is 0 Å². The number of carbonyl (C=O) groups excluding carboxylic acids is 2. The highest BCUT2D eigenvalue weighted by Crippen LogP contribution is 2.13. The summed E-state index contributed by atoms with van der Waals surface area (Å²) < 4.78 is 4.70. The molecule has 0 radical (unpaired) electrons. The Balaban J connectivity index is 2.25. The van der Waals surface area contributed by atoms with Crippen LogP contribution in [0, 0.1) is 6.92 Å². The van der Waals surface area contributed by atoms with Gasteiger partial charge in [0.1, 0.15) is 6.54 Å². The van der Waals surface area contributed by atoms with Gasteiger partial charge >= 0.3 is 5.97 Å². The van der Waals surface area contributed by atoms with E-state index in [4.69, 9.17) is 4.74 Å². The van der Waals surface area contributed by atoms with Crippen molar-refractivity contribution in [3.05, 3.63) is 71.3 Å². The van der Waals surface area contributed by atoms with Gasteiger partial charge in [-0.05, 0) is 24.1 Å². The third-order valence-electron chi connectivity index (χ3n) is 3.43. The van der Waals surface area contributed by atoms with E-state index in [1.54, 1.807) is 6.07 Å². The molecule has 2 aromatic rings. The first-order chi connectivity index (χ1) is 10.6. The summed E-state index contributed by atoms with van der Waals surface area (Å²) in [7, 11) is 1.32. The molecular formula is C18H19NO3. The number of esters is 1. The van der Waals surface area contributed by atoms with Crippen LogP contribution in [0.25, 0.3) is 0 Å². The second-order valence-corrected chi connectivity index (χ2v) is 5.04. The molecule has 114 valence electrons. The lowest BCUT2D eigenvalue weighted by Gasteiger charge is -2.22. The number of nitrogens with zero attached hydrogens (tertiary/aromatic N) is 1. The highest BCUT2D eigenvalue weighted by molar-refractivity contribution is 5.97. The molecule has 0 bridgehead atoms. The van der Waals surface area contributed by atoms with Crippen LogP contribution in [0.1, 0.15) is 21.5 Å². The molecule has 0 heterocycles. The number of hydrogen-bond acceptors (Lipinski definition) is 3. The summed E-state index contributed by atoms with van der Waals surface area (Å²) >= 11 is 0. The molecule has 0 fully saturated rings. The van der Waals surface area contributed by atoms with E-state index in [9.17, 15) is 9.59 Å². The molecule has 2 aromatic carbocycles. The minimum absolute atomic E-state index is 0.0709. The molecule has 4 nitrogen and oxygen atoms in total. The van der Waals surface area contributed by atoms with Crippen molar-refractivity contribution in [3.8, 4) is 0 Å². The maximum atomic E-state index is 12.7. The Morgan fingerprint density at radius 1 is 1.00 bits per heavy atom. The second-order valence-electron chi connectivity index (χ2n) is 5.04. The molecule has 22 heavy (non-hydrogen) atoms. The molecule has 0 spiro atoms. The summed E-state index contributed by atoms with van der Waals surface area (Å²) in [6.45, 7) is 2.17. The van der Waals surface area contributed by atoms with Gasteiger partial charge in [-0.1, -0.05) is 48.5 Å². The van der Waals surface area contributed by atoms with Gasteiger partial charge in [0.05, 0.1) is 7.11 Å². The number of rotatable bonds is 5. The van der Waals surface area contributed by atoms with Gasteiger partial charge < -0.3 is 9.64 Å². The zero-order valence-electron chi connectivity index (χ0n) is 12.8. The van der Waals surface area contributed by atoms with Gasteiger partial charge in [0.15, 0.2) is 0 Å². The van der Waals surface area contributed by atoms with Crippen LogP contribution < -0.4 is 0 Å². The highest BCUT2D eigenvalue weighted by Gasteiger charge is 2.20. The monoisotopic (exact) mass is 297 g/mol. The third kappa shape index (κ3) is 3.95. The van der Waals surface area contributed by atoms with E-state index in [2.05, 4.69) is 0 Å². The summed E-state index contributed by atoms with van der Waals surface area (Å²) in [6, 6.07) is 16.9. The van der Waals surface area contributed by atoms with E-state index in [0.717, 1.165) is 11.1 Å². The highest BCUT2D eigenvalue weighted by atomic mass is 16.5. The van der Waals surface area contributed by atoms with Gasteiger partial charge in [-0.25, -0.2) is 0 Å². The van der Waals surface area contributed by atoms with Crippen LogP contribution in [-0.4, -0.2) is 30.4 Å². The standard InChI is InChI=1S/C18H19NO3/c1-14-8-6-7-11-16(14)18(21)19(13-17(20)22-2)12-15-9-4-3-5-10-15/h3-11H,12-13H2,1-2H3. The molecular weight excluding hydrogens is 278 g/mol. The second kappa shape index (κ2) is 7.41. The van der Waals surface area contributed by atoms with Crippen molar-refractivity contribution in [2.45, 2.75) is 13.5 Å². The maximum Gasteiger partial charge on any atom is 0.325 e. The lowest BCUT2D eigenvalue weighted by molar-refractivity contribution is -0.141. The fourth-order valence-electron chi connectivity index (χ4n) is 2.21. The summed E-state index contributed by atoms with van der Waals surface area (Å²) in [5, 5.41) is 0. The van der Waals surface area contributed by atoms with Gasteiger partial charge in [-0.2, -0.15) is 0 Å². The summed E-state index contributed by atoms with van der Waals surface area (Å²) in [4.78, 5) is 25.9. The Kier molecular flexibility index (Phi) is 5.31. The van der Waals surface area contributed by atoms with Crippen LogP contribution in [0.5, 0.6) is 0 Å². The molecule has 1 amide bonds. The average molecular weight is 297 g/mol. The van der Waals surface area contributed by atoms with Crippen molar-refractivity contribution in [2.75, 3.05) is 13.7 Å². The van der Waals surface area contributed by atoms with Crippen molar-refractivity contribution in [1.82, 2.24) is 4.90 Å². The number of methoxy groups -OCH3 is 1. The quantitative estimate of drug-likeness (QED) is 0.797. The zero-order chi connectivity index (χ0) is 15.9. The molecule has 0 N–H and O–H groups in total. The Bertz CT molecular complexity index is 652. The molecule has 0 atom stereocenters. The number of benzene rings is 2. The summed E-state index contributed by atoms with van der Waals surface area (Å²) in [5.41, 5.74) is 2.45. The molecule has 0 saturated carbocycles. The van der Waals surface area contributed by atoms with Crippen LogP contribution >= 0.6 is 0 Å². The van der Waals surface area contributed by atoms with Crippen LogP contribution in [0.2, 0.25) is 0 Å². The number of carbonyl (C=O) groups is 2. The van der Waals surface area contributed by atoms with Gasteiger partial charge in [0, 0.05) is 12.1 Å². The first kappa shape index (κ1) is 15.8. The SMILES string of the molecule is COC(=O)CN(Cc1ccccc1)C(=O)c1ccccc1C. The molecule has 0 aliphatic rings. The van der Waals surface area contributed by atoms with E-state index in [1.807, 2.05) is 55.5 Å². The van der Waals surface area contributed by atoms with E-state index in [-0.39, 0.29) is 12.5 Å². The molecule has 0 aliphatic carbocycles. The Morgan fingerprint density at radius 3 is 2.27 bits per heavy atom. The van der Waals surface area contributed by atoms with Crippen LogP contribution in [0.4, 0.5) is 0 Å². The van der Waals surface area contributed by atoms with Crippen molar-refractivity contribution in [3.63, 3.8) is 0 Å². The lowest BCUT2D eigenvalue weighted by Crippen LogP contribution is -2.36. The summed E-state index contributed by atoms with van der Waals surface area (Å²) in [6.07, 6.45) is 0. The average Bonchev–Trinajstić information content (AvgIpc) is 2.55. The molecule has 0 aliphatic heterocycles. The first-order valence-corrected chi connectivity index (χ1v) is 7.07. The van der Waals surface area contributed by atoms with Crippen molar-refractivity contribution < 1.29 is 14.3 Å². The first-order valence-electron chi connectivity index (χ1n) is 7.07. The summed E-state index contributed by atoms with van der Waals surface area (Å²) in [5.74, 6) is -0.606. The third-order valence-corrected chi connectivity index (χ3v) is 3.43. The predicted molar refractivity (Wildman–Crippen MR) is 84.4 cm³/mol. The molecule has 4 heteroatoms. The van der Waals surface area contributed by atoms with E-state index < -0.39 is 5.97 Å². The fourth-order valence-corrected chi connectivity index (χ4v) is 2.21. The predicted octanol–water partition coefficient (Wildman–Crippen LogP) is 2.81. The van der Waals surface area contributed by atoms with E-state index >= 15 is 0 Å². The number of hydrogen-bond donors (Lipinski definition) is 0. The zero-order valence-corrected chi connectivity index (χ0v) is 12.8. The van der Waals surface area contributed by atoms with Gasteiger partial charge in [-0.3, -0.25) is 9.59 Å². The Morgan fingerprint density at radius 2 is 1.64 bits per heavy atom. The van der Waals surface area contributed by atoms with Gasteiger partial charge in [0.2, 0.25) is 0 Å². The van der Waals surface area contributed by atoms with Gasteiger partial charge in [0.25, 0.3) is 5.91 Å². The molecule has 0 unspecified atom stereocenters. The molecule has 0 aromatic heterocycles. The van der Waals surface area contributed by atoms with Crippen molar-refractivity contribution in [2.24, 2.45) is 0 Å². The van der Waals surface area contributed by atoms with Gasteiger partial charge in [-0.15, -0.1) is 0 Å². The minimum Gasteiger partial charge on any atom is -0.468 e. The maximum absolute atomic E-state index is 12.7.